The summed E-state index contributed by atoms with van der Waals surface area (Å²) in [6.07, 6.45) is -2.78. The van der Waals surface area contributed by atoms with Gasteiger partial charge in [-0.2, -0.15) is 0 Å². The number of nitrogens with two attached hydrogens (primary N) is 2. The maximum Gasteiger partial charge on any atom is 0.573 e. The average Bonchev–Trinajstić information content (AvgIpc) is 2.81. The van der Waals surface area contributed by atoms with E-state index in [1.807, 2.05) is 0 Å². The standard InChI is InChI=1S/C26H23F3N2O6/c1-35-23-13-18(6-9-22(23)37-26(27,28)29)25(34)36-21-7-3-15(4-8-21)10-17(24(32)33)5-2-16-11-19(30)14-20(31)12-16/h3-4,6-14H,2,5,30-31H2,1H3,(H,32,33). The molecule has 0 atom stereocenters. The molecule has 0 aliphatic rings. The van der Waals surface area contributed by atoms with E-state index in [0.717, 1.165) is 30.9 Å². The van der Waals surface area contributed by atoms with Crippen molar-refractivity contribution in [3.63, 3.8) is 0 Å². The summed E-state index contributed by atoms with van der Waals surface area (Å²) >= 11 is 0. The quantitative estimate of drug-likeness (QED) is 0.155. The molecule has 3 aromatic rings. The molecule has 0 radical (unpaired) electrons. The molecule has 0 aliphatic heterocycles. The molecule has 0 aliphatic carbocycles. The number of rotatable bonds is 9. The highest BCUT2D eigenvalue weighted by molar-refractivity contribution is 5.93. The Hall–Kier alpha value is -4.67. The largest absolute Gasteiger partial charge is 0.573 e. The molecular weight excluding hydrogens is 493 g/mol. The van der Waals surface area contributed by atoms with Gasteiger partial charge in [-0.15, -0.1) is 13.2 Å². The number of hydrogen-bond acceptors (Lipinski definition) is 7. The van der Waals surface area contributed by atoms with Crippen LogP contribution in [-0.4, -0.2) is 30.5 Å². The molecule has 0 aromatic heterocycles. The van der Waals surface area contributed by atoms with E-state index in [4.69, 9.17) is 20.9 Å². The molecule has 0 saturated carbocycles. The molecule has 3 rings (SSSR count). The first-order valence-electron chi connectivity index (χ1n) is 10.8. The smallest absolute Gasteiger partial charge is 0.493 e. The molecule has 5 N–H and O–H groups in total. The second kappa shape index (κ2) is 11.4. The summed E-state index contributed by atoms with van der Waals surface area (Å²) in [6, 6.07) is 14.2. The van der Waals surface area contributed by atoms with Gasteiger partial charge in [-0.3, -0.25) is 0 Å². The number of carbonyl (C=O) groups is 2. The molecule has 0 fully saturated rings. The van der Waals surface area contributed by atoms with Gasteiger partial charge in [0.1, 0.15) is 5.75 Å². The van der Waals surface area contributed by atoms with Crippen molar-refractivity contribution in [2.75, 3.05) is 18.6 Å². The first kappa shape index (κ1) is 26.9. The van der Waals surface area contributed by atoms with Crippen molar-refractivity contribution in [1.82, 2.24) is 0 Å². The Morgan fingerprint density at radius 1 is 0.946 bits per heavy atom. The van der Waals surface area contributed by atoms with Crippen LogP contribution < -0.4 is 25.7 Å². The van der Waals surface area contributed by atoms with Crippen molar-refractivity contribution in [3.05, 3.63) is 82.9 Å². The number of carboxylic acids is 1. The maximum absolute atomic E-state index is 12.5. The predicted octanol–water partition coefficient (Wildman–Crippen LogP) is 5.08. The summed E-state index contributed by atoms with van der Waals surface area (Å²) < 4.78 is 51.5. The minimum atomic E-state index is -4.92. The number of anilines is 2. The second-order valence-electron chi connectivity index (χ2n) is 7.85. The van der Waals surface area contributed by atoms with Crippen LogP contribution in [0.3, 0.4) is 0 Å². The second-order valence-corrected chi connectivity index (χ2v) is 7.85. The molecule has 8 nitrogen and oxygen atoms in total. The Labute approximate surface area is 209 Å². The number of carboxylic acid groups (broad SMARTS) is 1. The number of methoxy groups -OCH3 is 1. The first-order chi connectivity index (χ1) is 17.4. The fourth-order valence-corrected chi connectivity index (χ4v) is 3.41. The molecule has 0 saturated heterocycles. The zero-order chi connectivity index (χ0) is 27.2. The Morgan fingerprint density at radius 2 is 1.59 bits per heavy atom. The van der Waals surface area contributed by atoms with Gasteiger partial charge in [-0.1, -0.05) is 12.1 Å². The van der Waals surface area contributed by atoms with Gasteiger partial charge in [-0.05, 0) is 78.6 Å². The molecule has 0 unspecified atom stereocenters. The number of nitrogen functional groups attached to an aromatic ring is 2. The van der Waals surface area contributed by atoms with Crippen molar-refractivity contribution in [2.45, 2.75) is 19.2 Å². The summed E-state index contributed by atoms with van der Waals surface area (Å²) in [7, 11) is 1.13. The number of aryl methyl sites for hydroxylation is 1. The zero-order valence-electron chi connectivity index (χ0n) is 19.5. The van der Waals surface area contributed by atoms with Crippen LogP contribution >= 0.6 is 0 Å². The van der Waals surface area contributed by atoms with Gasteiger partial charge in [0.2, 0.25) is 0 Å². The number of carbonyl (C=O) groups excluding carboxylic acids is 1. The third-order valence-corrected chi connectivity index (χ3v) is 5.05. The van der Waals surface area contributed by atoms with E-state index >= 15 is 0 Å². The van der Waals surface area contributed by atoms with Crippen molar-refractivity contribution in [3.8, 4) is 17.2 Å². The van der Waals surface area contributed by atoms with Crippen molar-refractivity contribution >= 4 is 29.4 Å². The highest BCUT2D eigenvalue weighted by Gasteiger charge is 2.32. The van der Waals surface area contributed by atoms with Crippen LogP contribution in [-0.2, 0) is 11.2 Å². The van der Waals surface area contributed by atoms with Gasteiger partial charge in [0.05, 0.1) is 12.7 Å². The lowest BCUT2D eigenvalue weighted by molar-refractivity contribution is -0.275. The lowest BCUT2D eigenvalue weighted by Crippen LogP contribution is -2.18. The fourth-order valence-electron chi connectivity index (χ4n) is 3.41. The zero-order valence-corrected chi connectivity index (χ0v) is 19.5. The molecule has 0 heterocycles. The predicted molar refractivity (Wildman–Crippen MR) is 130 cm³/mol. The monoisotopic (exact) mass is 516 g/mol. The minimum absolute atomic E-state index is 0.0642. The minimum Gasteiger partial charge on any atom is -0.493 e. The number of benzene rings is 3. The Kier molecular flexibility index (Phi) is 8.28. The maximum atomic E-state index is 12.5. The molecule has 0 amide bonds. The van der Waals surface area contributed by atoms with E-state index in [9.17, 15) is 27.9 Å². The Balaban J connectivity index is 1.69. The van der Waals surface area contributed by atoms with E-state index in [0.29, 0.717) is 23.4 Å². The fraction of sp³-hybridized carbons (Fsp3) is 0.154. The van der Waals surface area contributed by atoms with E-state index in [1.54, 1.807) is 30.3 Å². The summed E-state index contributed by atoms with van der Waals surface area (Å²) in [5.41, 5.74) is 14.0. The van der Waals surface area contributed by atoms with Gasteiger partial charge >= 0.3 is 18.3 Å². The normalized spacial score (nSPS) is 11.6. The first-order valence-corrected chi connectivity index (χ1v) is 10.8. The molecule has 37 heavy (non-hydrogen) atoms. The summed E-state index contributed by atoms with van der Waals surface area (Å²) in [5, 5.41) is 9.58. The van der Waals surface area contributed by atoms with Gasteiger partial charge < -0.3 is 30.8 Å². The number of ether oxygens (including phenoxy) is 3. The number of esters is 1. The van der Waals surface area contributed by atoms with Crippen LogP contribution in [0, 0.1) is 0 Å². The van der Waals surface area contributed by atoms with Crippen LogP contribution in [0.2, 0.25) is 0 Å². The number of hydrogen-bond donors (Lipinski definition) is 3. The summed E-state index contributed by atoms with van der Waals surface area (Å²) in [5.74, 6) is -2.68. The van der Waals surface area contributed by atoms with Crippen molar-refractivity contribution in [1.29, 1.82) is 0 Å². The summed E-state index contributed by atoms with van der Waals surface area (Å²) in [6.45, 7) is 0. The lowest BCUT2D eigenvalue weighted by Gasteiger charge is -2.13. The SMILES string of the molecule is COc1cc(C(=O)Oc2ccc(C=C(CCc3cc(N)cc(N)c3)C(=O)O)cc2)ccc1OC(F)(F)F. The van der Waals surface area contributed by atoms with E-state index in [-0.39, 0.29) is 29.1 Å². The molecule has 11 heteroatoms. The molecule has 0 bridgehead atoms. The topological polar surface area (TPSA) is 134 Å². The van der Waals surface area contributed by atoms with Crippen LogP contribution in [0.25, 0.3) is 6.08 Å². The van der Waals surface area contributed by atoms with Gasteiger partial charge in [0.25, 0.3) is 0 Å². The van der Waals surface area contributed by atoms with E-state index in [1.165, 1.54) is 18.2 Å². The average molecular weight is 516 g/mol. The van der Waals surface area contributed by atoms with Gasteiger partial charge in [-0.25, -0.2) is 9.59 Å². The number of halogens is 3. The van der Waals surface area contributed by atoms with E-state index < -0.39 is 24.1 Å². The van der Waals surface area contributed by atoms with Crippen molar-refractivity contribution < 1.29 is 42.1 Å². The van der Waals surface area contributed by atoms with Crippen LogP contribution in [0.5, 0.6) is 17.2 Å². The molecule has 0 spiro atoms. The third kappa shape index (κ3) is 7.92. The van der Waals surface area contributed by atoms with Crippen LogP contribution in [0.1, 0.15) is 27.9 Å². The van der Waals surface area contributed by atoms with Gasteiger partial charge in [0, 0.05) is 16.9 Å². The van der Waals surface area contributed by atoms with Gasteiger partial charge in [0.15, 0.2) is 11.5 Å². The van der Waals surface area contributed by atoms with Crippen LogP contribution in [0.4, 0.5) is 24.5 Å². The number of aliphatic carboxylic acids is 1. The lowest BCUT2D eigenvalue weighted by atomic mass is 10.0. The molecule has 194 valence electrons. The molecular formula is C26H23F3N2O6. The van der Waals surface area contributed by atoms with Crippen LogP contribution in [0.15, 0.2) is 66.2 Å². The Bertz CT molecular complexity index is 1300. The summed E-state index contributed by atoms with van der Waals surface area (Å²) in [4.78, 5) is 24.2. The molecule has 3 aromatic carbocycles. The highest BCUT2D eigenvalue weighted by atomic mass is 19.4. The Morgan fingerprint density at radius 3 is 2.16 bits per heavy atom. The third-order valence-electron chi connectivity index (χ3n) is 5.05. The number of alkyl halides is 3. The van der Waals surface area contributed by atoms with Crippen molar-refractivity contribution in [2.24, 2.45) is 0 Å². The van der Waals surface area contributed by atoms with E-state index in [2.05, 4.69) is 4.74 Å². The highest BCUT2D eigenvalue weighted by Crippen LogP contribution is 2.33.